The standard InChI is InChI=1S/C13H10F3N3OS/c14-13(15,16)20-9-3-1-2-8(6-9)19-11-7-18-5-4-10(11)12(17)21/h1-7,19H,(H2,17,21). The van der Waals surface area contributed by atoms with Crippen LogP contribution in [0.1, 0.15) is 5.56 Å². The monoisotopic (exact) mass is 313 g/mol. The molecule has 0 saturated carbocycles. The first-order valence-electron chi connectivity index (χ1n) is 5.72. The summed E-state index contributed by atoms with van der Waals surface area (Å²) in [6, 6.07) is 7.04. The number of ether oxygens (including phenoxy) is 1. The van der Waals surface area contributed by atoms with E-state index in [1.165, 1.54) is 30.6 Å². The molecule has 3 N–H and O–H groups in total. The fourth-order valence-electron chi connectivity index (χ4n) is 1.64. The predicted molar refractivity (Wildman–Crippen MR) is 76.5 cm³/mol. The Morgan fingerprint density at radius 1 is 1.29 bits per heavy atom. The lowest BCUT2D eigenvalue weighted by molar-refractivity contribution is -0.274. The Balaban J connectivity index is 2.25. The average molecular weight is 313 g/mol. The van der Waals surface area contributed by atoms with Crippen molar-refractivity contribution in [2.45, 2.75) is 6.36 Å². The molecule has 2 aromatic rings. The zero-order valence-corrected chi connectivity index (χ0v) is 11.3. The van der Waals surface area contributed by atoms with Gasteiger partial charge < -0.3 is 15.8 Å². The number of hydrogen-bond donors (Lipinski definition) is 2. The van der Waals surface area contributed by atoms with Crippen molar-refractivity contribution in [2.75, 3.05) is 5.32 Å². The summed E-state index contributed by atoms with van der Waals surface area (Å²) in [5, 5.41) is 2.90. The lowest BCUT2D eigenvalue weighted by atomic mass is 10.2. The molecule has 0 amide bonds. The van der Waals surface area contributed by atoms with Gasteiger partial charge in [-0.1, -0.05) is 18.3 Å². The molecule has 1 heterocycles. The Morgan fingerprint density at radius 3 is 2.71 bits per heavy atom. The van der Waals surface area contributed by atoms with Crippen LogP contribution < -0.4 is 15.8 Å². The van der Waals surface area contributed by atoms with Gasteiger partial charge in [0.25, 0.3) is 0 Å². The molecule has 4 nitrogen and oxygen atoms in total. The van der Waals surface area contributed by atoms with E-state index in [0.717, 1.165) is 0 Å². The van der Waals surface area contributed by atoms with Crippen molar-refractivity contribution < 1.29 is 17.9 Å². The molecule has 8 heteroatoms. The molecule has 0 aliphatic carbocycles. The second-order valence-corrected chi connectivity index (χ2v) is 4.43. The van der Waals surface area contributed by atoms with Crippen molar-refractivity contribution in [1.82, 2.24) is 4.98 Å². The highest BCUT2D eigenvalue weighted by molar-refractivity contribution is 7.80. The number of benzene rings is 1. The second-order valence-electron chi connectivity index (χ2n) is 3.99. The van der Waals surface area contributed by atoms with Crippen LogP contribution in [0.5, 0.6) is 5.75 Å². The van der Waals surface area contributed by atoms with Crippen LogP contribution in [-0.4, -0.2) is 16.3 Å². The first kappa shape index (κ1) is 15.0. The van der Waals surface area contributed by atoms with Gasteiger partial charge in [0.2, 0.25) is 0 Å². The molecule has 2 rings (SSSR count). The molecule has 0 radical (unpaired) electrons. The highest BCUT2D eigenvalue weighted by atomic mass is 32.1. The summed E-state index contributed by atoms with van der Waals surface area (Å²) in [6.07, 6.45) is -1.74. The Labute approximate surface area is 123 Å². The maximum Gasteiger partial charge on any atom is 0.573 e. The van der Waals surface area contributed by atoms with Crippen molar-refractivity contribution in [3.05, 3.63) is 48.3 Å². The van der Waals surface area contributed by atoms with E-state index in [9.17, 15) is 13.2 Å². The van der Waals surface area contributed by atoms with Gasteiger partial charge in [-0.05, 0) is 18.2 Å². The normalized spacial score (nSPS) is 11.0. The minimum absolute atomic E-state index is 0.155. The van der Waals surface area contributed by atoms with Crippen LogP contribution >= 0.6 is 12.2 Å². The molecule has 0 unspecified atom stereocenters. The fraction of sp³-hybridized carbons (Fsp3) is 0.0769. The van der Waals surface area contributed by atoms with Gasteiger partial charge in [-0.2, -0.15) is 0 Å². The van der Waals surface area contributed by atoms with Gasteiger partial charge >= 0.3 is 6.36 Å². The Hall–Kier alpha value is -2.35. The molecule has 0 spiro atoms. The van der Waals surface area contributed by atoms with Gasteiger partial charge in [0.05, 0.1) is 11.9 Å². The summed E-state index contributed by atoms with van der Waals surface area (Å²) in [4.78, 5) is 4.07. The molecule has 1 aromatic carbocycles. The summed E-state index contributed by atoms with van der Waals surface area (Å²) in [5.74, 6) is -0.326. The van der Waals surface area contributed by atoms with E-state index < -0.39 is 6.36 Å². The fourth-order valence-corrected chi connectivity index (χ4v) is 1.81. The smallest absolute Gasteiger partial charge is 0.406 e. The van der Waals surface area contributed by atoms with Gasteiger partial charge in [-0.3, -0.25) is 4.98 Å². The molecule has 0 aliphatic heterocycles. The number of aromatic nitrogens is 1. The van der Waals surface area contributed by atoms with Gasteiger partial charge in [-0.25, -0.2) is 0 Å². The number of rotatable bonds is 4. The number of nitrogens with zero attached hydrogens (tertiary/aromatic N) is 1. The van der Waals surface area contributed by atoms with E-state index in [1.807, 2.05) is 0 Å². The maximum absolute atomic E-state index is 12.2. The van der Waals surface area contributed by atoms with E-state index in [4.69, 9.17) is 18.0 Å². The SMILES string of the molecule is NC(=S)c1ccncc1Nc1cccc(OC(F)(F)F)c1. The second kappa shape index (κ2) is 5.96. The van der Waals surface area contributed by atoms with E-state index in [-0.39, 0.29) is 10.7 Å². The van der Waals surface area contributed by atoms with Gasteiger partial charge in [-0.15, -0.1) is 13.2 Å². The number of hydrogen-bond acceptors (Lipinski definition) is 4. The predicted octanol–water partition coefficient (Wildman–Crippen LogP) is 3.36. The number of anilines is 2. The van der Waals surface area contributed by atoms with Crippen LogP contribution in [0.25, 0.3) is 0 Å². The van der Waals surface area contributed by atoms with Crippen molar-refractivity contribution in [3.63, 3.8) is 0 Å². The van der Waals surface area contributed by atoms with Crippen molar-refractivity contribution in [2.24, 2.45) is 5.73 Å². The molecule has 1 aromatic heterocycles. The minimum Gasteiger partial charge on any atom is -0.406 e. The molecule has 0 fully saturated rings. The number of nitrogens with one attached hydrogen (secondary N) is 1. The van der Waals surface area contributed by atoms with E-state index in [2.05, 4.69) is 15.0 Å². The lowest BCUT2D eigenvalue weighted by Gasteiger charge is -2.13. The molecule has 110 valence electrons. The Bertz CT molecular complexity index is 661. The molecule has 0 bridgehead atoms. The first-order valence-corrected chi connectivity index (χ1v) is 6.12. The quantitative estimate of drug-likeness (QED) is 0.848. The highest BCUT2D eigenvalue weighted by Crippen LogP contribution is 2.27. The number of alkyl halides is 3. The Kier molecular flexibility index (Phi) is 4.27. The zero-order chi connectivity index (χ0) is 15.5. The summed E-state index contributed by atoms with van der Waals surface area (Å²) >= 11 is 4.90. The number of nitrogens with two attached hydrogens (primary N) is 1. The van der Waals surface area contributed by atoms with E-state index in [1.54, 1.807) is 12.1 Å². The third-order valence-corrected chi connectivity index (χ3v) is 2.65. The summed E-state index contributed by atoms with van der Waals surface area (Å²) in [7, 11) is 0. The van der Waals surface area contributed by atoms with Crippen LogP contribution in [0.4, 0.5) is 24.5 Å². The third-order valence-electron chi connectivity index (χ3n) is 2.43. The third kappa shape index (κ3) is 4.32. The van der Waals surface area contributed by atoms with Crippen molar-refractivity contribution in [1.29, 1.82) is 0 Å². The number of halogens is 3. The molecule has 0 saturated heterocycles. The molecule has 21 heavy (non-hydrogen) atoms. The average Bonchev–Trinajstić information content (AvgIpc) is 2.37. The van der Waals surface area contributed by atoms with Gasteiger partial charge in [0.15, 0.2) is 0 Å². The highest BCUT2D eigenvalue weighted by Gasteiger charge is 2.31. The van der Waals surface area contributed by atoms with Crippen LogP contribution in [0.3, 0.4) is 0 Å². The minimum atomic E-state index is -4.74. The Morgan fingerprint density at radius 2 is 2.05 bits per heavy atom. The largest absolute Gasteiger partial charge is 0.573 e. The summed E-state index contributed by atoms with van der Waals surface area (Å²) in [6.45, 7) is 0. The first-order chi connectivity index (χ1) is 9.85. The van der Waals surface area contributed by atoms with Crippen LogP contribution in [0.2, 0.25) is 0 Å². The van der Waals surface area contributed by atoms with Crippen LogP contribution in [0, 0.1) is 0 Å². The zero-order valence-electron chi connectivity index (χ0n) is 10.5. The number of thiocarbonyl (C=S) groups is 1. The summed E-state index contributed by atoms with van der Waals surface area (Å²) < 4.78 is 40.4. The van der Waals surface area contributed by atoms with Gasteiger partial charge in [0, 0.05) is 23.5 Å². The van der Waals surface area contributed by atoms with E-state index >= 15 is 0 Å². The van der Waals surface area contributed by atoms with Crippen molar-refractivity contribution in [3.8, 4) is 5.75 Å². The van der Waals surface area contributed by atoms with Gasteiger partial charge in [0.1, 0.15) is 10.7 Å². The van der Waals surface area contributed by atoms with Crippen LogP contribution in [-0.2, 0) is 0 Å². The molecule has 0 aliphatic rings. The van der Waals surface area contributed by atoms with Crippen LogP contribution in [0.15, 0.2) is 42.7 Å². The molecular formula is C13H10F3N3OS. The maximum atomic E-state index is 12.2. The molecule has 0 atom stereocenters. The molecular weight excluding hydrogens is 303 g/mol. The number of pyridine rings is 1. The van der Waals surface area contributed by atoms with Crippen molar-refractivity contribution >= 4 is 28.6 Å². The van der Waals surface area contributed by atoms with E-state index in [0.29, 0.717) is 16.9 Å². The summed E-state index contributed by atoms with van der Waals surface area (Å²) in [5.41, 5.74) is 7.00. The lowest BCUT2D eigenvalue weighted by Crippen LogP contribution is -2.17. The topological polar surface area (TPSA) is 60.2 Å².